The first-order chi connectivity index (χ1) is 7.99. The highest BCUT2D eigenvalue weighted by Gasteiger charge is 2.22. The van der Waals surface area contributed by atoms with Gasteiger partial charge in [-0.25, -0.2) is 9.59 Å². The van der Waals surface area contributed by atoms with Gasteiger partial charge in [-0.15, -0.1) is 0 Å². The van der Waals surface area contributed by atoms with Crippen molar-refractivity contribution < 1.29 is 14.7 Å². The minimum Gasteiger partial charge on any atom is -0.480 e. The molecule has 3 N–H and O–H groups in total. The molecule has 5 nitrogen and oxygen atoms in total. The number of carboxylic acids is 1. The fraction of sp³-hybridized carbons (Fsp3) is 0.818. The lowest BCUT2D eigenvalue weighted by atomic mass is 10.1. The second kappa shape index (κ2) is 9.15. The van der Waals surface area contributed by atoms with Crippen LogP contribution in [0.4, 0.5) is 4.79 Å². The fourth-order valence-electron chi connectivity index (χ4n) is 1.28. The van der Waals surface area contributed by atoms with Crippen molar-refractivity contribution in [1.29, 1.82) is 0 Å². The molecule has 0 saturated carbocycles. The lowest BCUT2D eigenvalue weighted by Crippen LogP contribution is -2.48. The molecule has 0 fully saturated rings. The van der Waals surface area contributed by atoms with Crippen molar-refractivity contribution in [1.82, 2.24) is 10.6 Å². The smallest absolute Gasteiger partial charge is 0.326 e. The monoisotopic (exact) mass is 262 g/mol. The Morgan fingerprint density at radius 3 is 2.41 bits per heavy atom. The number of hydrogen-bond acceptors (Lipinski definition) is 3. The van der Waals surface area contributed by atoms with E-state index in [0.29, 0.717) is 6.54 Å². The van der Waals surface area contributed by atoms with Crippen molar-refractivity contribution in [3.8, 4) is 0 Å². The third-order valence-corrected chi connectivity index (χ3v) is 2.98. The Balaban J connectivity index is 3.80. The van der Waals surface area contributed by atoms with Crippen LogP contribution in [0, 0.1) is 5.92 Å². The average Bonchev–Trinajstić information content (AvgIpc) is 2.24. The van der Waals surface area contributed by atoms with E-state index >= 15 is 0 Å². The number of carboxylic acid groups (broad SMARTS) is 1. The first-order valence-corrected chi connectivity index (χ1v) is 7.14. The molecule has 0 aliphatic carbocycles. The van der Waals surface area contributed by atoms with E-state index in [9.17, 15) is 9.59 Å². The molecule has 2 amide bonds. The zero-order valence-electron chi connectivity index (χ0n) is 10.7. The predicted octanol–water partition coefficient (Wildman–Crippen LogP) is 1.54. The van der Waals surface area contributed by atoms with Crippen molar-refractivity contribution in [2.45, 2.75) is 32.7 Å². The summed E-state index contributed by atoms with van der Waals surface area (Å²) in [6.07, 6.45) is 4.00. The molecule has 6 heteroatoms. The largest absolute Gasteiger partial charge is 0.480 e. The summed E-state index contributed by atoms with van der Waals surface area (Å²) in [5.41, 5.74) is 0. The van der Waals surface area contributed by atoms with Gasteiger partial charge in [0.25, 0.3) is 0 Å². The lowest BCUT2D eigenvalue weighted by molar-refractivity contribution is -0.140. The zero-order chi connectivity index (χ0) is 13.3. The van der Waals surface area contributed by atoms with Crippen molar-refractivity contribution >= 4 is 23.8 Å². The van der Waals surface area contributed by atoms with E-state index in [4.69, 9.17) is 5.11 Å². The van der Waals surface area contributed by atoms with Gasteiger partial charge in [0.2, 0.25) is 0 Å². The molecule has 0 saturated heterocycles. The number of nitrogens with one attached hydrogen (secondary N) is 2. The molecule has 1 atom stereocenters. The second-order valence-electron chi connectivity index (χ2n) is 4.16. The second-order valence-corrected chi connectivity index (χ2v) is 5.15. The highest BCUT2D eigenvalue weighted by atomic mass is 32.2. The zero-order valence-corrected chi connectivity index (χ0v) is 11.5. The summed E-state index contributed by atoms with van der Waals surface area (Å²) in [4.78, 5) is 22.3. The predicted molar refractivity (Wildman–Crippen MR) is 70.4 cm³/mol. The van der Waals surface area contributed by atoms with Crippen LogP contribution in [0.3, 0.4) is 0 Å². The molecule has 0 aliphatic heterocycles. The number of hydrogen-bond donors (Lipinski definition) is 3. The number of unbranched alkanes of at least 4 members (excludes halogenated alkanes) is 1. The Kier molecular flexibility index (Phi) is 8.66. The van der Waals surface area contributed by atoms with Crippen LogP contribution in [0.2, 0.25) is 0 Å². The van der Waals surface area contributed by atoms with Crippen LogP contribution in [0.15, 0.2) is 0 Å². The van der Waals surface area contributed by atoms with Crippen LogP contribution < -0.4 is 10.6 Å². The third kappa shape index (κ3) is 7.90. The molecule has 1 unspecified atom stereocenters. The molecule has 0 heterocycles. The molecular formula is C11H22N2O3S. The summed E-state index contributed by atoms with van der Waals surface area (Å²) < 4.78 is 0. The molecule has 0 aromatic rings. The standard InChI is InChI=1S/C11H22N2O3S/c1-8(2)9(10(14)15)13-11(16)12-6-4-5-7-17-3/h8-9H,4-7H2,1-3H3,(H,14,15)(H2,12,13,16). The summed E-state index contributed by atoms with van der Waals surface area (Å²) in [7, 11) is 0. The average molecular weight is 262 g/mol. The van der Waals surface area contributed by atoms with E-state index in [1.807, 2.05) is 6.26 Å². The number of rotatable bonds is 8. The van der Waals surface area contributed by atoms with Crippen LogP contribution in [0.5, 0.6) is 0 Å². The minimum absolute atomic E-state index is 0.130. The maximum Gasteiger partial charge on any atom is 0.326 e. The summed E-state index contributed by atoms with van der Waals surface area (Å²) in [6.45, 7) is 4.10. The molecule has 0 aromatic heterocycles. The van der Waals surface area contributed by atoms with Gasteiger partial charge in [-0.3, -0.25) is 0 Å². The maximum absolute atomic E-state index is 11.4. The summed E-state index contributed by atoms with van der Waals surface area (Å²) in [6, 6.07) is -1.24. The molecule has 0 bridgehead atoms. The SMILES string of the molecule is CSCCCCNC(=O)NC(C(=O)O)C(C)C. The van der Waals surface area contributed by atoms with Crippen LogP contribution in [0.1, 0.15) is 26.7 Å². The minimum atomic E-state index is -1.00. The topological polar surface area (TPSA) is 78.4 Å². The number of urea groups is 1. The van der Waals surface area contributed by atoms with Crippen molar-refractivity contribution in [2.24, 2.45) is 5.92 Å². The fourth-order valence-corrected chi connectivity index (χ4v) is 1.77. The van der Waals surface area contributed by atoms with E-state index in [1.54, 1.807) is 25.6 Å². The Hall–Kier alpha value is -0.910. The van der Waals surface area contributed by atoms with Crippen LogP contribution in [0.25, 0.3) is 0 Å². The molecule has 0 spiro atoms. The highest BCUT2D eigenvalue weighted by molar-refractivity contribution is 7.98. The van der Waals surface area contributed by atoms with E-state index in [-0.39, 0.29) is 5.92 Å². The van der Waals surface area contributed by atoms with Gasteiger partial charge in [-0.05, 0) is 30.8 Å². The molecule has 17 heavy (non-hydrogen) atoms. The van der Waals surface area contributed by atoms with Gasteiger partial charge >= 0.3 is 12.0 Å². The molecular weight excluding hydrogens is 240 g/mol. The van der Waals surface area contributed by atoms with Gasteiger partial charge in [-0.1, -0.05) is 13.8 Å². The third-order valence-electron chi connectivity index (χ3n) is 2.28. The molecule has 0 aromatic carbocycles. The number of thioether (sulfide) groups is 1. The van der Waals surface area contributed by atoms with E-state index < -0.39 is 18.0 Å². The first kappa shape index (κ1) is 16.1. The normalized spacial score (nSPS) is 12.2. The van der Waals surface area contributed by atoms with Gasteiger partial charge in [-0.2, -0.15) is 11.8 Å². The summed E-state index contributed by atoms with van der Waals surface area (Å²) >= 11 is 1.77. The highest BCUT2D eigenvalue weighted by Crippen LogP contribution is 2.01. The lowest BCUT2D eigenvalue weighted by Gasteiger charge is -2.18. The quantitative estimate of drug-likeness (QED) is 0.580. The first-order valence-electron chi connectivity index (χ1n) is 5.75. The Morgan fingerprint density at radius 2 is 1.94 bits per heavy atom. The van der Waals surface area contributed by atoms with Crippen LogP contribution >= 0.6 is 11.8 Å². The summed E-state index contributed by atoms with van der Waals surface area (Å²) in [5, 5.41) is 14.0. The number of carbonyl (C=O) groups is 2. The molecule has 0 rings (SSSR count). The number of amides is 2. The summed E-state index contributed by atoms with van der Waals surface area (Å²) in [5.74, 6) is -0.0557. The Labute approximate surface area is 107 Å². The number of aliphatic carboxylic acids is 1. The molecule has 100 valence electrons. The van der Waals surface area contributed by atoms with Gasteiger partial charge < -0.3 is 15.7 Å². The van der Waals surface area contributed by atoms with Crippen LogP contribution in [-0.4, -0.2) is 41.7 Å². The van der Waals surface area contributed by atoms with Crippen molar-refractivity contribution in [2.75, 3.05) is 18.6 Å². The Bertz CT molecular complexity index is 247. The number of carbonyl (C=O) groups excluding carboxylic acids is 1. The van der Waals surface area contributed by atoms with E-state index in [2.05, 4.69) is 10.6 Å². The van der Waals surface area contributed by atoms with Gasteiger partial charge in [0.1, 0.15) is 6.04 Å². The van der Waals surface area contributed by atoms with Gasteiger partial charge in [0.15, 0.2) is 0 Å². The Morgan fingerprint density at radius 1 is 1.29 bits per heavy atom. The van der Waals surface area contributed by atoms with Crippen LogP contribution in [-0.2, 0) is 4.79 Å². The van der Waals surface area contributed by atoms with Crippen molar-refractivity contribution in [3.63, 3.8) is 0 Å². The molecule has 0 radical (unpaired) electrons. The van der Waals surface area contributed by atoms with Crippen molar-refractivity contribution in [3.05, 3.63) is 0 Å². The van der Waals surface area contributed by atoms with Gasteiger partial charge in [0, 0.05) is 6.54 Å². The maximum atomic E-state index is 11.4. The van der Waals surface area contributed by atoms with E-state index in [0.717, 1.165) is 18.6 Å². The molecule has 0 aliphatic rings. The van der Waals surface area contributed by atoms with Gasteiger partial charge in [0.05, 0.1) is 0 Å². The van der Waals surface area contributed by atoms with E-state index in [1.165, 1.54) is 0 Å².